The Morgan fingerprint density at radius 2 is 2.06 bits per heavy atom. The highest BCUT2D eigenvalue weighted by molar-refractivity contribution is 7.89. The van der Waals surface area contributed by atoms with E-state index in [2.05, 4.69) is 10.0 Å². The fraction of sp³-hybridized carbons (Fsp3) is 0.368. The summed E-state index contributed by atoms with van der Waals surface area (Å²) in [5.41, 5.74) is 0.0949. The number of carbonyl (C=O) groups is 2. The normalized spacial score (nSPS) is 18.4. The van der Waals surface area contributed by atoms with E-state index in [-0.39, 0.29) is 30.4 Å². The van der Waals surface area contributed by atoms with Crippen LogP contribution in [-0.2, 0) is 14.8 Å². The first-order valence-electron chi connectivity index (χ1n) is 9.65. The first-order valence-corrected chi connectivity index (χ1v) is 12.4. The van der Waals surface area contributed by atoms with Gasteiger partial charge in [0.05, 0.1) is 11.6 Å². The van der Waals surface area contributed by atoms with Crippen molar-refractivity contribution in [2.24, 2.45) is 5.92 Å². The summed E-state index contributed by atoms with van der Waals surface area (Å²) in [6.07, 6.45) is -0.654. The molecule has 1 aliphatic heterocycles. The van der Waals surface area contributed by atoms with Crippen LogP contribution < -0.4 is 10.0 Å². The number of aliphatic hydroxyl groups excluding tert-OH is 1. The van der Waals surface area contributed by atoms with Gasteiger partial charge < -0.3 is 20.1 Å². The van der Waals surface area contributed by atoms with Gasteiger partial charge in [-0.1, -0.05) is 11.6 Å². The highest BCUT2D eigenvalue weighted by atomic mass is 35.5. The van der Waals surface area contributed by atoms with Gasteiger partial charge in [-0.2, -0.15) is 0 Å². The number of hydrogen-bond acceptors (Lipinski definition) is 7. The number of likely N-dealkylation sites (tertiary alicyclic amines) is 1. The Morgan fingerprint density at radius 3 is 2.70 bits per heavy atom. The minimum absolute atomic E-state index is 0.0581. The van der Waals surface area contributed by atoms with Crippen molar-refractivity contribution in [3.8, 4) is 0 Å². The van der Waals surface area contributed by atoms with E-state index in [9.17, 15) is 31.9 Å². The van der Waals surface area contributed by atoms with Crippen LogP contribution in [0, 0.1) is 17.6 Å². The van der Waals surface area contributed by atoms with Crippen molar-refractivity contribution in [2.75, 3.05) is 31.6 Å². The number of aliphatic hydroxyl groups is 1. The summed E-state index contributed by atoms with van der Waals surface area (Å²) in [5.74, 6) is -3.54. The van der Waals surface area contributed by atoms with Crippen molar-refractivity contribution in [3.05, 3.63) is 45.1 Å². The molecule has 0 spiro atoms. The Bertz CT molecular complexity index is 1160. The maximum absolute atomic E-state index is 14.9. The lowest BCUT2D eigenvalue weighted by Gasteiger charge is -2.17. The van der Waals surface area contributed by atoms with E-state index >= 15 is 0 Å². The second-order valence-corrected chi connectivity index (χ2v) is 10.1. The predicted molar refractivity (Wildman–Crippen MR) is 117 cm³/mol. The van der Waals surface area contributed by atoms with Crippen LogP contribution in [0.25, 0.3) is 0 Å². The number of nitrogens with zero attached hydrogens (tertiary/aromatic N) is 1. The van der Waals surface area contributed by atoms with Gasteiger partial charge in [-0.25, -0.2) is 26.7 Å². The van der Waals surface area contributed by atoms with Gasteiger partial charge in [0.2, 0.25) is 10.0 Å². The quantitative estimate of drug-likeness (QED) is 0.512. The van der Waals surface area contributed by atoms with Gasteiger partial charge in [0.1, 0.15) is 15.6 Å². The van der Waals surface area contributed by atoms with Crippen molar-refractivity contribution >= 4 is 50.6 Å². The van der Waals surface area contributed by atoms with Gasteiger partial charge >= 0.3 is 6.09 Å². The van der Waals surface area contributed by atoms with Crippen molar-refractivity contribution in [1.29, 1.82) is 0 Å². The maximum Gasteiger partial charge on any atom is 0.409 e. The molecule has 9 nitrogen and oxygen atoms in total. The van der Waals surface area contributed by atoms with Crippen LogP contribution in [0.5, 0.6) is 0 Å². The second kappa shape index (κ2) is 10.3. The summed E-state index contributed by atoms with van der Waals surface area (Å²) in [6, 6.07) is 2.47. The summed E-state index contributed by atoms with van der Waals surface area (Å²) < 4.78 is 60.9. The number of sulfonamides is 1. The number of carbonyl (C=O) groups excluding carboxylic acids is 2. The molecule has 1 fully saturated rings. The van der Waals surface area contributed by atoms with E-state index in [1.165, 1.54) is 11.0 Å². The van der Waals surface area contributed by atoms with Gasteiger partial charge in [0.15, 0.2) is 5.82 Å². The number of thiophene rings is 1. The van der Waals surface area contributed by atoms with Crippen LogP contribution in [0.2, 0.25) is 5.02 Å². The largest absolute Gasteiger partial charge is 0.450 e. The molecule has 1 aliphatic rings. The molecule has 0 saturated carbocycles. The summed E-state index contributed by atoms with van der Waals surface area (Å²) in [7, 11) is -4.43. The Morgan fingerprint density at radius 1 is 1.33 bits per heavy atom. The second-order valence-electron chi connectivity index (χ2n) is 7.10. The first kappa shape index (κ1) is 25.3. The highest BCUT2D eigenvalue weighted by Crippen LogP contribution is 2.28. The average Bonchev–Trinajstić information content (AvgIpc) is 3.34. The van der Waals surface area contributed by atoms with E-state index in [1.807, 2.05) is 0 Å². The van der Waals surface area contributed by atoms with Gasteiger partial charge in [0, 0.05) is 42.7 Å². The average molecular weight is 524 g/mol. The van der Waals surface area contributed by atoms with E-state index in [4.69, 9.17) is 16.3 Å². The minimum Gasteiger partial charge on any atom is -0.450 e. The molecule has 2 atom stereocenters. The standard InChI is InChI=1S/C19H20ClF2N3O6S2/c1-2-31-19(28)25-6-10(8-26)14(7-25)24-33(29,30)15-9-32-17(16(15)22)18(27)23-11-3-4-13(21)12(20)5-11/h3-5,9-10,14,24,26H,2,6-8H2,1H3,(H,23,27)/t10-,14-/m0/s1. The molecule has 0 bridgehead atoms. The molecule has 180 valence electrons. The Kier molecular flexibility index (Phi) is 7.90. The number of amides is 2. The number of hydrogen-bond donors (Lipinski definition) is 3. The zero-order valence-corrected chi connectivity index (χ0v) is 19.6. The smallest absolute Gasteiger partial charge is 0.409 e. The molecule has 0 unspecified atom stereocenters. The summed E-state index contributed by atoms with van der Waals surface area (Å²) in [6.45, 7) is 1.32. The van der Waals surface area contributed by atoms with Crippen molar-refractivity contribution < 1.29 is 36.6 Å². The topological polar surface area (TPSA) is 125 Å². The third-order valence-electron chi connectivity index (χ3n) is 4.88. The number of ether oxygens (including phenoxy) is 1. The van der Waals surface area contributed by atoms with Crippen LogP contribution in [-0.4, -0.2) is 62.8 Å². The van der Waals surface area contributed by atoms with E-state index < -0.39 is 62.0 Å². The molecule has 0 aliphatic carbocycles. The lowest BCUT2D eigenvalue weighted by molar-refractivity contribution is 0.102. The molecule has 3 N–H and O–H groups in total. The SMILES string of the molecule is CCOC(=O)N1C[C@@H](CO)[C@@H](NS(=O)(=O)c2csc(C(=O)Nc3ccc(F)c(Cl)c3)c2F)C1. The molecular weight excluding hydrogens is 504 g/mol. The fourth-order valence-electron chi connectivity index (χ4n) is 3.24. The highest BCUT2D eigenvalue weighted by Gasteiger charge is 2.39. The predicted octanol–water partition coefficient (Wildman–Crippen LogP) is 2.66. The lowest BCUT2D eigenvalue weighted by atomic mass is 10.1. The van der Waals surface area contributed by atoms with E-state index in [0.717, 1.165) is 17.5 Å². The summed E-state index contributed by atoms with van der Waals surface area (Å²) >= 11 is 6.22. The van der Waals surface area contributed by atoms with Crippen LogP contribution >= 0.6 is 22.9 Å². The van der Waals surface area contributed by atoms with Gasteiger partial charge in [0.25, 0.3) is 5.91 Å². The number of anilines is 1. The molecule has 3 rings (SSSR count). The Balaban J connectivity index is 1.75. The molecular formula is C19H20ClF2N3O6S2. The summed E-state index contributed by atoms with van der Waals surface area (Å²) in [5, 5.41) is 12.6. The van der Waals surface area contributed by atoms with Crippen molar-refractivity contribution in [3.63, 3.8) is 0 Å². The van der Waals surface area contributed by atoms with Gasteiger partial charge in [-0.05, 0) is 25.1 Å². The van der Waals surface area contributed by atoms with Crippen molar-refractivity contribution in [2.45, 2.75) is 17.9 Å². The number of rotatable bonds is 7. The summed E-state index contributed by atoms with van der Waals surface area (Å²) in [4.78, 5) is 24.3. The molecule has 1 saturated heterocycles. The molecule has 2 heterocycles. The zero-order valence-electron chi connectivity index (χ0n) is 17.2. The van der Waals surface area contributed by atoms with Crippen LogP contribution in [0.15, 0.2) is 28.5 Å². The Labute approximate surface area is 197 Å². The monoisotopic (exact) mass is 523 g/mol. The van der Waals surface area contributed by atoms with Crippen LogP contribution in [0.4, 0.5) is 19.3 Å². The minimum atomic E-state index is -4.43. The molecule has 1 aromatic heterocycles. The number of benzene rings is 1. The number of nitrogens with one attached hydrogen (secondary N) is 2. The molecule has 2 aromatic rings. The maximum atomic E-state index is 14.9. The van der Waals surface area contributed by atoms with Gasteiger partial charge in [-0.3, -0.25) is 4.79 Å². The molecule has 14 heteroatoms. The van der Waals surface area contributed by atoms with Crippen LogP contribution in [0.1, 0.15) is 16.6 Å². The van der Waals surface area contributed by atoms with Crippen LogP contribution in [0.3, 0.4) is 0 Å². The molecule has 2 amide bonds. The third kappa shape index (κ3) is 5.61. The van der Waals surface area contributed by atoms with Gasteiger partial charge in [-0.15, -0.1) is 11.3 Å². The Hall–Kier alpha value is -2.32. The molecule has 0 radical (unpaired) electrons. The fourth-order valence-corrected chi connectivity index (χ4v) is 5.97. The first-order chi connectivity index (χ1) is 15.6. The van der Waals surface area contributed by atoms with E-state index in [0.29, 0.717) is 11.3 Å². The third-order valence-corrected chi connectivity index (χ3v) is 7.76. The molecule has 33 heavy (non-hydrogen) atoms. The number of halogens is 3. The van der Waals surface area contributed by atoms with Crippen molar-refractivity contribution in [1.82, 2.24) is 9.62 Å². The lowest BCUT2D eigenvalue weighted by Crippen LogP contribution is -2.42. The molecule has 1 aromatic carbocycles. The zero-order chi connectivity index (χ0) is 24.3. The van der Waals surface area contributed by atoms with E-state index in [1.54, 1.807) is 6.92 Å².